The van der Waals surface area contributed by atoms with E-state index in [1.165, 1.54) is 15.6 Å². The van der Waals surface area contributed by atoms with Gasteiger partial charge in [-0.1, -0.05) is 54.6 Å². The Balaban J connectivity index is 1.83. The molecule has 4 aromatic rings. The lowest BCUT2D eigenvalue weighted by molar-refractivity contribution is 0.842. The van der Waals surface area contributed by atoms with E-state index in [-0.39, 0.29) is 0 Å². The summed E-state index contributed by atoms with van der Waals surface area (Å²) in [6.45, 7) is 4.33. The predicted molar refractivity (Wildman–Crippen MR) is 113 cm³/mol. The fourth-order valence-corrected chi connectivity index (χ4v) is 4.38. The van der Waals surface area contributed by atoms with E-state index in [1.54, 1.807) is 28.7 Å². The monoisotopic (exact) mass is 375 g/mol. The van der Waals surface area contributed by atoms with Crippen LogP contribution in [0.2, 0.25) is 0 Å². The third-order valence-electron chi connectivity index (χ3n) is 3.95. The second-order valence-electron chi connectivity index (χ2n) is 5.63. The van der Waals surface area contributed by atoms with Gasteiger partial charge >= 0.3 is 0 Å². The topological polar surface area (TPSA) is 29.6 Å². The Morgan fingerprint density at radius 2 is 1.88 bits per heavy atom. The van der Waals surface area contributed by atoms with Crippen LogP contribution in [0.25, 0.3) is 21.3 Å². The molecule has 26 heavy (non-hydrogen) atoms. The van der Waals surface area contributed by atoms with E-state index in [0.717, 1.165) is 16.1 Å². The number of nitrogens with zero attached hydrogens (tertiary/aromatic N) is 3. The Labute approximate surface area is 159 Å². The number of benzene rings is 2. The van der Waals surface area contributed by atoms with Gasteiger partial charge in [0, 0.05) is 10.9 Å². The van der Waals surface area contributed by atoms with Gasteiger partial charge in [0.15, 0.2) is 0 Å². The second-order valence-corrected chi connectivity index (χ2v) is 7.42. The van der Waals surface area contributed by atoms with Gasteiger partial charge in [0.25, 0.3) is 0 Å². The molecule has 0 atom stereocenters. The minimum absolute atomic E-state index is 0.578. The van der Waals surface area contributed by atoms with Gasteiger partial charge in [-0.15, -0.1) is 29.3 Å². The normalized spacial score (nSPS) is 12.2. The molecule has 0 saturated carbocycles. The summed E-state index contributed by atoms with van der Waals surface area (Å²) in [5.74, 6) is 0. The zero-order chi connectivity index (χ0) is 17.8. The lowest BCUT2D eigenvalue weighted by Crippen LogP contribution is -2.12. The molecule has 2 heterocycles. The zero-order valence-electron chi connectivity index (χ0n) is 14.1. The number of thiazole rings is 1. The minimum Gasteiger partial charge on any atom is -0.253 e. The molecule has 128 valence electrons. The van der Waals surface area contributed by atoms with Crippen LogP contribution in [0.5, 0.6) is 0 Å². The fraction of sp³-hybridized carbons (Fsp3) is 0.0476. The zero-order valence-corrected chi connectivity index (χ0v) is 15.7. The molecular formula is C21H17N3S2. The van der Waals surface area contributed by atoms with Crippen molar-refractivity contribution in [2.75, 3.05) is 6.54 Å². The van der Waals surface area contributed by atoms with Gasteiger partial charge in [0.05, 0.1) is 23.3 Å². The van der Waals surface area contributed by atoms with Gasteiger partial charge in [-0.2, -0.15) is 5.10 Å². The molecule has 0 saturated heterocycles. The molecular weight excluding hydrogens is 358 g/mol. The minimum atomic E-state index is 0.578. The van der Waals surface area contributed by atoms with Crippen molar-refractivity contribution < 1.29 is 0 Å². The summed E-state index contributed by atoms with van der Waals surface area (Å²) in [6.07, 6.45) is 3.71. The Morgan fingerprint density at radius 3 is 2.73 bits per heavy atom. The molecule has 0 N–H and O–H groups in total. The second kappa shape index (κ2) is 7.64. The number of hydrogen-bond acceptors (Lipinski definition) is 4. The maximum atomic E-state index is 4.78. The van der Waals surface area contributed by atoms with Gasteiger partial charge in [-0.05, 0) is 22.2 Å². The van der Waals surface area contributed by atoms with Crippen LogP contribution in [-0.2, 0) is 0 Å². The average Bonchev–Trinajstić information content (AvgIpc) is 3.34. The van der Waals surface area contributed by atoms with Gasteiger partial charge in [0.1, 0.15) is 0 Å². The Hall–Kier alpha value is -2.76. The highest BCUT2D eigenvalue weighted by Gasteiger charge is 2.08. The first kappa shape index (κ1) is 16.7. The maximum absolute atomic E-state index is 4.78. The molecule has 3 nitrogen and oxygen atoms in total. The summed E-state index contributed by atoms with van der Waals surface area (Å²) in [4.78, 5) is 6.63. The molecule has 0 fully saturated rings. The predicted octanol–water partition coefficient (Wildman–Crippen LogP) is 5.40. The van der Waals surface area contributed by atoms with Crippen LogP contribution < -0.4 is 4.80 Å². The highest BCUT2D eigenvalue weighted by atomic mass is 32.1. The van der Waals surface area contributed by atoms with Crippen LogP contribution in [0.15, 0.2) is 88.1 Å². The molecule has 2 aromatic heterocycles. The van der Waals surface area contributed by atoms with E-state index < -0.39 is 0 Å². The summed E-state index contributed by atoms with van der Waals surface area (Å²) < 4.78 is 1.92. The first-order valence-corrected chi connectivity index (χ1v) is 10.0. The number of aromatic nitrogens is 1. The van der Waals surface area contributed by atoms with Crippen molar-refractivity contribution in [1.82, 2.24) is 4.68 Å². The molecule has 0 bridgehead atoms. The summed E-state index contributed by atoms with van der Waals surface area (Å²) in [6, 6.07) is 18.8. The Morgan fingerprint density at radius 1 is 1.00 bits per heavy atom. The molecule has 2 aromatic carbocycles. The van der Waals surface area contributed by atoms with Crippen LogP contribution >= 0.6 is 22.7 Å². The van der Waals surface area contributed by atoms with Gasteiger partial charge < -0.3 is 0 Å². The van der Waals surface area contributed by atoms with Gasteiger partial charge in [-0.25, -0.2) is 4.68 Å². The van der Waals surface area contributed by atoms with E-state index in [9.17, 15) is 0 Å². The van der Waals surface area contributed by atoms with Crippen LogP contribution in [0.4, 0.5) is 0 Å². The molecule has 0 aliphatic carbocycles. The van der Waals surface area contributed by atoms with Gasteiger partial charge in [0.2, 0.25) is 4.80 Å². The first-order valence-electron chi connectivity index (χ1n) is 8.25. The van der Waals surface area contributed by atoms with E-state index in [0.29, 0.717) is 6.54 Å². The lowest BCUT2D eigenvalue weighted by Gasteiger charge is -2.03. The summed E-state index contributed by atoms with van der Waals surface area (Å²) >= 11 is 3.30. The Bertz CT molecular complexity index is 1130. The van der Waals surface area contributed by atoms with Crippen LogP contribution in [0, 0.1) is 0 Å². The quantitative estimate of drug-likeness (QED) is 0.330. The third kappa shape index (κ3) is 3.31. The molecule has 0 spiro atoms. The maximum Gasteiger partial charge on any atom is 0.206 e. The molecule has 0 aliphatic rings. The summed E-state index contributed by atoms with van der Waals surface area (Å²) in [5, 5.41) is 11.4. The largest absolute Gasteiger partial charge is 0.253 e. The highest BCUT2D eigenvalue weighted by Crippen LogP contribution is 2.25. The van der Waals surface area contributed by atoms with Gasteiger partial charge in [-0.3, -0.25) is 4.99 Å². The van der Waals surface area contributed by atoms with Crippen LogP contribution in [0.1, 0.15) is 5.56 Å². The highest BCUT2D eigenvalue weighted by molar-refractivity contribution is 7.14. The van der Waals surface area contributed by atoms with Crippen molar-refractivity contribution in [1.29, 1.82) is 0 Å². The van der Waals surface area contributed by atoms with Crippen molar-refractivity contribution in [3.05, 3.63) is 88.4 Å². The van der Waals surface area contributed by atoms with Crippen molar-refractivity contribution in [2.45, 2.75) is 0 Å². The molecule has 4 rings (SSSR count). The van der Waals surface area contributed by atoms with E-state index in [4.69, 9.17) is 5.10 Å². The molecule has 0 unspecified atom stereocenters. The van der Waals surface area contributed by atoms with Crippen molar-refractivity contribution >= 4 is 39.7 Å². The van der Waals surface area contributed by atoms with Crippen LogP contribution in [-0.4, -0.2) is 17.4 Å². The smallest absolute Gasteiger partial charge is 0.206 e. The van der Waals surface area contributed by atoms with Crippen molar-refractivity contribution in [3.8, 4) is 10.6 Å². The number of fused-ring (bicyclic) bond motifs is 1. The van der Waals surface area contributed by atoms with E-state index >= 15 is 0 Å². The SMILES string of the molecule is C=CCN=c1scc(-c2cccs2)n1N=Cc1cccc2ccccc12. The first-order chi connectivity index (χ1) is 12.9. The number of hydrogen-bond donors (Lipinski definition) is 0. The fourth-order valence-electron chi connectivity index (χ4n) is 2.74. The third-order valence-corrected chi connectivity index (χ3v) is 5.70. The molecule has 0 aliphatic heterocycles. The standard InChI is InChI=1S/C21H17N3S2/c1-2-12-22-21-24(19(15-26-21)20-11-6-13-25-20)23-14-17-9-5-8-16-7-3-4-10-18(16)17/h2-11,13-15H,1,12H2. The van der Waals surface area contributed by atoms with E-state index in [2.05, 4.69) is 76.9 Å². The summed E-state index contributed by atoms with van der Waals surface area (Å²) in [5.41, 5.74) is 2.15. The lowest BCUT2D eigenvalue weighted by atomic mass is 10.1. The molecule has 0 radical (unpaired) electrons. The Kier molecular flexibility index (Phi) is 4.91. The van der Waals surface area contributed by atoms with Crippen molar-refractivity contribution in [3.63, 3.8) is 0 Å². The molecule has 5 heteroatoms. The van der Waals surface area contributed by atoms with Crippen molar-refractivity contribution in [2.24, 2.45) is 10.1 Å². The number of rotatable bonds is 5. The van der Waals surface area contributed by atoms with E-state index in [1.807, 2.05) is 10.9 Å². The molecule has 0 amide bonds. The average molecular weight is 376 g/mol. The summed E-state index contributed by atoms with van der Waals surface area (Å²) in [7, 11) is 0. The number of thiophene rings is 1. The van der Waals surface area contributed by atoms with Crippen LogP contribution in [0.3, 0.4) is 0 Å².